The van der Waals surface area contributed by atoms with E-state index in [2.05, 4.69) is 41.3 Å². The summed E-state index contributed by atoms with van der Waals surface area (Å²) < 4.78 is 7.35. The van der Waals surface area contributed by atoms with Gasteiger partial charge in [0.25, 0.3) is 11.8 Å². The molecule has 0 saturated heterocycles. The SMILES string of the molecule is Cc1oc2nc1C(=O)NCCCC[C@H](NC(=O)c1cnc3cnn(C)c3c1)C(=O)N[C@H](Cc1c[nH]c3ccccc13)C(=O)N[C@@H]2C. The molecule has 0 saturated carbocycles. The lowest BCUT2D eigenvalue weighted by molar-refractivity contribution is -0.130. The third kappa shape index (κ3) is 6.32. The monoisotopic (exact) mass is 625 g/mol. The Hall–Kier alpha value is -5.53. The molecule has 5 heterocycles. The maximum atomic E-state index is 13.9. The predicted octanol–water partition coefficient (Wildman–Crippen LogP) is 2.36. The van der Waals surface area contributed by atoms with Crippen LogP contribution in [0.4, 0.5) is 0 Å². The molecule has 238 valence electrons. The molecule has 3 atom stereocenters. The largest absolute Gasteiger partial charge is 0.443 e. The summed E-state index contributed by atoms with van der Waals surface area (Å²) in [5.41, 5.74) is 3.46. The minimum Gasteiger partial charge on any atom is -0.443 e. The number of hydrogen-bond donors (Lipinski definition) is 5. The Bertz CT molecular complexity index is 1940. The number of aromatic nitrogens is 5. The van der Waals surface area contributed by atoms with Gasteiger partial charge >= 0.3 is 0 Å². The number of para-hydroxylation sites is 1. The highest BCUT2D eigenvalue weighted by Gasteiger charge is 2.30. The van der Waals surface area contributed by atoms with Gasteiger partial charge in [0.05, 0.1) is 17.3 Å². The number of pyridine rings is 1. The third-order valence-corrected chi connectivity index (χ3v) is 8.18. The maximum absolute atomic E-state index is 13.9. The summed E-state index contributed by atoms with van der Waals surface area (Å²) in [7, 11) is 1.75. The second-order valence-electron chi connectivity index (χ2n) is 11.5. The molecule has 0 aliphatic carbocycles. The summed E-state index contributed by atoms with van der Waals surface area (Å²) in [4.78, 5) is 65.8. The molecule has 2 bridgehead atoms. The zero-order chi connectivity index (χ0) is 32.4. The van der Waals surface area contributed by atoms with Crippen LogP contribution in [-0.4, -0.2) is 67.0 Å². The fourth-order valence-corrected chi connectivity index (χ4v) is 5.61. The van der Waals surface area contributed by atoms with Crippen LogP contribution in [0.2, 0.25) is 0 Å². The average Bonchev–Trinajstić information content (AvgIpc) is 3.75. The quantitative estimate of drug-likeness (QED) is 0.201. The normalized spacial score (nSPS) is 19.9. The number of carbonyl (C=O) groups excluding carboxylic acids is 4. The van der Waals surface area contributed by atoms with E-state index in [1.54, 1.807) is 37.8 Å². The number of fused-ring (bicyclic) bond motifs is 4. The van der Waals surface area contributed by atoms with Gasteiger partial charge in [-0.3, -0.25) is 28.8 Å². The molecule has 0 spiro atoms. The van der Waals surface area contributed by atoms with Crippen molar-refractivity contribution in [2.24, 2.45) is 7.05 Å². The van der Waals surface area contributed by atoms with Gasteiger partial charge in [0, 0.05) is 43.3 Å². The first-order valence-electron chi connectivity index (χ1n) is 15.2. The number of aryl methyl sites for hydroxylation is 2. The van der Waals surface area contributed by atoms with Crippen LogP contribution in [0.15, 0.2) is 53.3 Å². The Balaban J connectivity index is 1.29. The summed E-state index contributed by atoms with van der Waals surface area (Å²) in [6.07, 6.45) is 6.33. The summed E-state index contributed by atoms with van der Waals surface area (Å²) in [5, 5.41) is 16.5. The predicted molar refractivity (Wildman–Crippen MR) is 168 cm³/mol. The first kappa shape index (κ1) is 30.5. The van der Waals surface area contributed by atoms with Crippen LogP contribution in [-0.2, 0) is 23.1 Å². The Labute approximate surface area is 263 Å². The minimum atomic E-state index is -1.01. The molecular weight excluding hydrogens is 590 g/mol. The van der Waals surface area contributed by atoms with Crippen molar-refractivity contribution >= 4 is 45.6 Å². The number of nitrogens with zero attached hydrogens (tertiary/aromatic N) is 4. The number of amides is 4. The summed E-state index contributed by atoms with van der Waals surface area (Å²) in [6.45, 7) is 3.66. The second-order valence-corrected chi connectivity index (χ2v) is 11.5. The summed E-state index contributed by atoms with van der Waals surface area (Å²) >= 11 is 0. The first-order chi connectivity index (χ1) is 22.2. The zero-order valence-corrected chi connectivity index (χ0v) is 25.7. The van der Waals surface area contributed by atoms with Crippen LogP contribution < -0.4 is 21.3 Å². The van der Waals surface area contributed by atoms with Crippen LogP contribution in [0.3, 0.4) is 0 Å². The highest BCUT2D eigenvalue weighted by Crippen LogP contribution is 2.21. The van der Waals surface area contributed by atoms with E-state index >= 15 is 0 Å². The van der Waals surface area contributed by atoms with Gasteiger partial charge in [0.2, 0.25) is 17.7 Å². The van der Waals surface area contributed by atoms with Crippen molar-refractivity contribution in [3.05, 3.63) is 77.4 Å². The highest BCUT2D eigenvalue weighted by molar-refractivity contribution is 6.00. The number of H-pyrrole nitrogens is 1. The molecule has 46 heavy (non-hydrogen) atoms. The van der Waals surface area contributed by atoms with Crippen molar-refractivity contribution in [2.75, 3.05) is 6.54 Å². The van der Waals surface area contributed by atoms with Gasteiger partial charge in [-0.2, -0.15) is 5.10 Å². The van der Waals surface area contributed by atoms with E-state index < -0.39 is 41.8 Å². The molecule has 14 nitrogen and oxygen atoms in total. The molecule has 6 rings (SSSR count). The van der Waals surface area contributed by atoms with E-state index in [4.69, 9.17) is 4.42 Å². The maximum Gasteiger partial charge on any atom is 0.273 e. The van der Waals surface area contributed by atoms with Crippen molar-refractivity contribution in [3.8, 4) is 0 Å². The van der Waals surface area contributed by atoms with E-state index in [1.807, 2.05) is 30.5 Å². The lowest BCUT2D eigenvalue weighted by atomic mass is 10.0. The Kier molecular flexibility index (Phi) is 8.51. The Morgan fingerprint density at radius 1 is 1.11 bits per heavy atom. The minimum absolute atomic E-state index is 0.149. The van der Waals surface area contributed by atoms with Crippen molar-refractivity contribution < 1.29 is 23.6 Å². The average molecular weight is 626 g/mol. The van der Waals surface area contributed by atoms with E-state index in [1.165, 1.54) is 6.20 Å². The number of hydrogen-bond acceptors (Lipinski definition) is 8. The van der Waals surface area contributed by atoms with E-state index in [0.29, 0.717) is 36.2 Å². The molecular formula is C32H35N9O5. The van der Waals surface area contributed by atoms with Gasteiger partial charge in [0.15, 0.2) is 5.69 Å². The number of oxazole rings is 1. The molecule has 4 amide bonds. The molecule has 1 aromatic carbocycles. The fourth-order valence-electron chi connectivity index (χ4n) is 5.61. The zero-order valence-electron chi connectivity index (χ0n) is 25.7. The first-order valence-corrected chi connectivity index (χ1v) is 15.2. The van der Waals surface area contributed by atoms with Crippen LogP contribution in [0.25, 0.3) is 21.9 Å². The van der Waals surface area contributed by atoms with Crippen molar-refractivity contribution in [3.63, 3.8) is 0 Å². The van der Waals surface area contributed by atoms with Crippen molar-refractivity contribution in [2.45, 2.75) is 57.7 Å². The second kappa shape index (κ2) is 12.8. The number of carbonyl (C=O) groups is 4. The summed E-state index contributed by atoms with van der Waals surface area (Å²) in [6, 6.07) is 6.67. The number of benzene rings is 1. The Morgan fingerprint density at radius 2 is 1.93 bits per heavy atom. The topological polar surface area (TPSA) is 189 Å². The van der Waals surface area contributed by atoms with Crippen molar-refractivity contribution in [1.29, 1.82) is 0 Å². The van der Waals surface area contributed by atoms with E-state index in [9.17, 15) is 19.2 Å². The molecule has 14 heteroatoms. The molecule has 0 radical (unpaired) electrons. The van der Waals surface area contributed by atoms with Crippen LogP contribution in [0.5, 0.6) is 0 Å². The lowest BCUT2D eigenvalue weighted by Crippen LogP contribution is -2.54. The van der Waals surface area contributed by atoms with Gasteiger partial charge in [-0.05, 0) is 50.8 Å². The van der Waals surface area contributed by atoms with Crippen LogP contribution in [0, 0.1) is 6.92 Å². The Morgan fingerprint density at radius 3 is 2.78 bits per heavy atom. The number of nitrogens with one attached hydrogen (secondary N) is 5. The molecule has 1 aliphatic rings. The van der Waals surface area contributed by atoms with Crippen molar-refractivity contribution in [1.82, 2.24) is 46.0 Å². The highest BCUT2D eigenvalue weighted by atomic mass is 16.4. The lowest BCUT2D eigenvalue weighted by Gasteiger charge is -2.24. The van der Waals surface area contributed by atoms with Crippen LogP contribution >= 0.6 is 0 Å². The molecule has 5 aromatic rings. The molecule has 0 unspecified atom stereocenters. The molecule has 4 aromatic heterocycles. The van der Waals surface area contributed by atoms with E-state index in [0.717, 1.165) is 16.5 Å². The number of rotatable bonds is 4. The van der Waals surface area contributed by atoms with Gasteiger partial charge in [-0.1, -0.05) is 18.2 Å². The van der Waals surface area contributed by atoms with Gasteiger partial charge < -0.3 is 30.7 Å². The number of aromatic amines is 1. The molecule has 5 N–H and O–H groups in total. The smallest absolute Gasteiger partial charge is 0.273 e. The molecule has 1 aliphatic heterocycles. The third-order valence-electron chi connectivity index (χ3n) is 8.18. The molecule has 0 fully saturated rings. The fraction of sp³-hybridized carbons (Fsp3) is 0.344. The van der Waals surface area contributed by atoms with Crippen LogP contribution in [0.1, 0.15) is 70.3 Å². The van der Waals surface area contributed by atoms with Gasteiger partial charge in [-0.15, -0.1) is 0 Å². The summed E-state index contributed by atoms with van der Waals surface area (Å²) in [5.74, 6) is -1.36. The standard InChI is InChI=1S/C32H35N9O5/c1-17-32-40-27(18(2)46-32)31(45)33-11-7-6-10-23(38-28(42)20-13-26-25(35-15-20)16-36-41(26)3)29(43)39-24(30(44)37-17)12-19-14-34-22-9-5-4-8-21(19)22/h4-5,8-9,13-17,23-24,34H,6-7,10-12H2,1-3H3,(H,33,45)(H,37,44)(H,38,42)(H,39,43)/t17-,23+,24-/m1/s1. The van der Waals surface area contributed by atoms with Gasteiger partial charge in [0.1, 0.15) is 29.4 Å². The van der Waals surface area contributed by atoms with E-state index in [-0.39, 0.29) is 30.0 Å². The van der Waals surface area contributed by atoms with Gasteiger partial charge in [-0.25, -0.2) is 4.98 Å².